The van der Waals surface area contributed by atoms with E-state index in [1.165, 1.54) is 12.8 Å². The van der Waals surface area contributed by atoms with Crippen molar-refractivity contribution in [2.45, 2.75) is 63.2 Å². The number of hydrogen-bond donors (Lipinski definition) is 0. The van der Waals surface area contributed by atoms with E-state index in [4.69, 9.17) is 0 Å². The third kappa shape index (κ3) is 2.58. The summed E-state index contributed by atoms with van der Waals surface area (Å²) in [6, 6.07) is 18.7. The molecular formula is C22H28P2. The van der Waals surface area contributed by atoms with Gasteiger partial charge in [0, 0.05) is 11.3 Å². The summed E-state index contributed by atoms with van der Waals surface area (Å²) in [5.41, 5.74) is 6.37. The van der Waals surface area contributed by atoms with Gasteiger partial charge in [0.15, 0.2) is 0 Å². The molecule has 0 nitrogen and oxygen atoms in total. The van der Waals surface area contributed by atoms with Gasteiger partial charge in [-0.3, -0.25) is 0 Å². The van der Waals surface area contributed by atoms with E-state index in [1.807, 2.05) is 0 Å². The van der Waals surface area contributed by atoms with Crippen LogP contribution in [-0.4, -0.2) is 11.3 Å². The Morgan fingerprint density at radius 2 is 1.04 bits per heavy atom. The second kappa shape index (κ2) is 6.55. The van der Waals surface area contributed by atoms with Gasteiger partial charge in [0.05, 0.1) is 0 Å². The predicted molar refractivity (Wildman–Crippen MR) is 111 cm³/mol. The van der Waals surface area contributed by atoms with Gasteiger partial charge in [0.2, 0.25) is 0 Å². The van der Waals surface area contributed by atoms with Crippen LogP contribution in [-0.2, 0) is 0 Å². The summed E-state index contributed by atoms with van der Waals surface area (Å²) >= 11 is 0. The minimum atomic E-state index is -0.148. The first-order valence-electron chi connectivity index (χ1n) is 9.34. The Hall–Kier alpha value is -0.700. The van der Waals surface area contributed by atoms with Gasteiger partial charge in [-0.25, -0.2) is 0 Å². The van der Waals surface area contributed by atoms with Crippen molar-refractivity contribution in [2.24, 2.45) is 0 Å². The monoisotopic (exact) mass is 354 g/mol. The highest BCUT2D eigenvalue weighted by molar-refractivity contribution is 7.73. The molecule has 2 aliphatic rings. The molecular weight excluding hydrogens is 326 g/mol. The molecule has 0 unspecified atom stereocenters. The zero-order valence-corrected chi connectivity index (χ0v) is 17.0. The van der Waals surface area contributed by atoms with Crippen LogP contribution in [0.1, 0.15) is 63.0 Å². The molecule has 4 atom stereocenters. The molecule has 2 heteroatoms. The van der Waals surface area contributed by atoms with Crippen LogP contribution in [0.25, 0.3) is 0 Å². The van der Waals surface area contributed by atoms with Crippen LogP contribution >= 0.6 is 15.8 Å². The first-order valence-corrected chi connectivity index (χ1v) is 12.3. The van der Waals surface area contributed by atoms with Gasteiger partial charge < -0.3 is 0 Å². The van der Waals surface area contributed by atoms with E-state index in [9.17, 15) is 0 Å². The average molecular weight is 354 g/mol. The van der Waals surface area contributed by atoms with Crippen molar-refractivity contribution >= 4 is 26.5 Å². The average Bonchev–Trinajstić information content (AvgIpc) is 3.06. The summed E-state index contributed by atoms with van der Waals surface area (Å²) < 4.78 is 0. The van der Waals surface area contributed by atoms with Crippen molar-refractivity contribution in [1.29, 1.82) is 0 Å². The molecule has 2 aromatic carbocycles. The second-order valence-electron chi connectivity index (χ2n) is 7.56. The van der Waals surface area contributed by atoms with Crippen LogP contribution in [0.15, 0.2) is 48.5 Å². The van der Waals surface area contributed by atoms with E-state index in [-0.39, 0.29) is 15.8 Å². The molecule has 0 radical (unpaired) electrons. The molecule has 0 saturated carbocycles. The maximum Gasteiger partial charge on any atom is 0.00622 e. The van der Waals surface area contributed by atoms with Gasteiger partial charge in [-0.15, -0.1) is 0 Å². The first kappa shape index (κ1) is 16.8. The fraction of sp³-hybridized carbons (Fsp3) is 0.455. The zero-order valence-electron chi connectivity index (χ0n) is 15.2. The van der Waals surface area contributed by atoms with Gasteiger partial charge in [-0.2, -0.15) is 0 Å². The maximum atomic E-state index is 2.50. The summed E-state index contributed by atoms with van der Waals surface area (Å²) in [6.07, 6.45) is 2.84. The zero-order chi connectivity index (χ0) is 16.8. The van der Waals surface area contributed by atoms with E-state index < -0.39 is 0 Å². The third-order valence-corrected chi connectivity index (χ3v) is 12.8. The lowest BCUT2D eigenvalue weighted by atomic mass is 10.0. The minimum absolute atomic E-state index is 0.00255. The lowest BCUT2D eigenvalue weighted by Crippen LogP contribution is -2.26. The van der Waals surface area contributed by atoms with Gasteiger partial charge in [0.25, 0.3) is 0 Å². The van der Waals surface area contributed by atoms with Gasteiger partial charge >= 0.3 is 0 Å². The molecule has 0 aromatic heterocycles. The summed E-state index contributed by atoms with van der Waals surface area (Å²) in [5.74, 6) is 0. The Morgan fingerprint density at radius 3 is 1.54 bits per heavy atom. The summed E-state index contributed by atoms with van der Waals surface area (Å²) in [4.78, 5) is 0. The molecule has 0 amide bonds. The number of benzene rings is 2. The Balaban J connectivity index is 1.79. The quantitative estimate of drug-likeness (QED) is 0.555. The molecule has 2 aromatic rings. The van der Waals surface area contributed by atoms with Crippen molar-refractivity contribution in [3.05, 3.63) is 59.7 Å². The van der Waals surface area contributed by atoms with Crippen LogP contribution in [0.2, 0.25) is 0 Å². The number of hydrogen-bond acceptors (Lipinski definition) is 0. The molecule has 1 fully saturated rings. The summed E-state index contributed by atoms with van der Waals surface area (Å²) in [7, 11) is -0.146. The van der Waals surface area contributed by atoms with Crippen LogP contribution in [0.5, 0.6) is 0 Å². The predicted octanol–water partition coefficient (Wildman–Crippen LogP) is 6.31. The lowest BCUT2D eigenvalue weighted by Gasteiger charge is -2.30. The highest BCUT2D eigenvalue weighted by Crippen LogP contribution is 2.68. The fourth-order valence-electron chi connectivity index (χ4n) is 4.89. The van der Waals surface area contributed by atoms with E-state index in [0.29, 0.717) is 11.3 Å². The first-order chi connectivity index (χ1) is 11.6. The standard InChI is InChI=1S/C22H28P2/c1-15-13-14-16(2)23(15)21-11-7-8-12-22(21)24-17(3)19-9-5-6-10-20(19)18(24)4/h5-12,15-18H,13-14H2,1-4H3/t15-,16-,17-,18-/m1/s1. The van der Waals surface area contributed by atoms with E-state index in [0.717, 1.165) is 11.3 Å². The SMILES string of the molecule is C[C@@H]1CC[C@@H](C)P1c1ccccc1P1[C@H](C)c2ccccc2[C@H]1C. The van der Waals surface area contributed by atoms with E-state index >= 15 is 0 Å². The van der Waals surface area contributed by atoms with Crippen molar-refractivity contribution < 1.29 is 0 Å². The summed E-state index contributed by atoms with van der Waals surface area (Å²) in [6.45, 7) is 9.93. The molecule has 2 heterocycles. The second-order valence-corrected chi connectivity index (χ2v) is 13.5. The van der Waals surface area contributed by atoms with Crippen LogP contribution in [0.4, 0.5) is 0 Å². The van der Waals surface area contributed by atoms with Crippen molar-refractivity contribution in [2.75, 3.05) is 0 Å². The molecule has 126 valence electrons. The largest absolute Gasteiger partial charge is 0.0688 e. The Morgan fingerprint density at radius 1 is 0.625 bits per heavy atom. The molecule has 0 aliphatic carbocycles. The van der Waals surface area contributed by atoms with E-state index in [1.54, 1.807) is 21.7 Å². The van der Waals surface area contributed by atoms with Crippen LogP contribution < -0.4 is 10.6 Å². The van der Waals surface area contributed by atoms with Crippen molar-refractivity contribution in [1.82, 2.24) is 0 Å². The fourth-order valence-corrected chi connectivity index (χ4v) is 12.0. The summed E-state index contributed by atoms with van der Waals surface area (Å²) in [5, 5.41) is 3.46. The van der Waals surface area contributed by atoms with Crippen molar-refractivity contribution in [3.63, 3.8) is 0 Å². The molecule has 1 saturated heterocycles. The molecule has 2 aliphatic heterocycles. The molecule has 4 rings (SSSR count). The van der Waals surface area contributed by atoms with Crippen LogP contribution in [0.3, 0.4) is 0 Å². The maximum absolute atomic E-state index is 2.50. The van der Waals surface area contributed by atoms with Crippen molar-refractivity contribution in [3.8, 4) is 0 Å². The number of fused-ring (bicyclic) bond motifs is 1. The molecule has 0 spiro atoms. The number of rotatable bonds is 2. The highest BCUT2D eigenvalue weighted by Gasteiger charge is 2.39. The van der Waals surface area contributed by atoms with Gasteiger partial charge in [0.1, 0.15) is 0 Å². The smallest absolute Gasteiger partial charge is 0.00622 e. The highest BCUT2D eigenvalue weighted by atomic mass is 31.1. The molecule has 0 N–H and O–H groups in total. The molecule has 0 bridgehead atoms. The Labute approximate surface area is 149 Å². The van der Waals surface area contributed by atoms with Gasteiger partial charge in [-0.05, 0) is 45.9 Å². The van der Waals surface area contributed by atoms with Crippen LogP contribution in [0, 0.1) is 0 Å². The lowest BCUT2D eigenvalue weighted by molar-refractivity contribution is 0.777. The Bertz CT molecular complexity index is 699. The topological polar surface area (TPSA) is 0 Å². The van der Waals surface area contributed by atoms with E-state index in [2.05, 4.69) is 76.2 Å². The Kier molecular flexibility index (Phi) is 4.57. The molecule has 24 heavy (non-hydrogen) atoms. The third-order valence-electron chi connectivity index (χ3n) is 6.12. The van der Waals surface area contributed by atoms with Gasteiger partial charge in [-0.1, -0.05) is 92.1 Å². The minimum Gasteiger partial charge on any atom is -0.0688 e. The normalized spacial score (nSPS) is 30.7.